The molecule has 2 aromatic rings. The van der Waals surface area contributed by atoms with Crippen molar-refractivity contribution >= 4 is 67.8 Å². The summed E-state index contributed by atoms with van der Waals surface area (Å²) in [6, 6.07) is 14.6. The monoisotopic (exact) mass is 532 g/mol. The van der Waals surface area contributed by atoms with Crippen molar-refractivity contribution in [2.24, 2.45) is 0 Å². The number of carbonyl (C=O) groups excluding carboxylic acids is 2. The number of amides is 2. The predicted molar refractivity (Wildman–Crippen MR) is 134 cm³/mol. The Labute approximate surface area is 204 Å². The first-order chi connectivity index (χ1) is 15.5. The molecule has 9 heteroatoms. The summed E-state index contributed by atoms with van der Waals surface area (Å²) in [5, 5.41) is 2.78. The summed E-state index contributed by atoms with van der Waals surface area (Å²) < 4.78 is 12.8. The third kappa shape index (κ3) is 5.98. The smallest absolute Gasteiger partial charge is 0.266 e. The molecule has 4 rings (SSSR count). The molecule has 166 valence electrons. The van der Waals surface area contributed by atoms with E-state index in [9.17, 15) is 9.59 Å². The molecule has 1 atom stereocenters. The zero-order valence-electron chi connectivity index (χ0n) is 17.1. The van der Waals surface area contributed by atoms with Crippen LogP contribution in [-0.4, -0.2) is 46.9 Å². The molecule has 0 saturated carbocycles. The van der Waals surface area contributed by atoms with Gasteiger partial charge in [0.15, 0.2) is 6.61 Å². The molecule has 0 spiro atoms. The van der Waals surface area contributed by atoms with Gasteiger partial charge < -0.3 is 14.8 Å². The van der Waals surface area contributed by atoms with Crippen LogP contribution in [0, 0.1) is 0 Å². The number of halogens is 1. The number of hydrogen-bond acceptors (Lipinski definition) is 6. The normalized spacial score (nSPS) is 19.6. The Bertz CT molecular complexity index is 1050. The first kappa shape index (κ1) is 23.0. The first-order valence-corrected chi connectivity index (χ1v) is 12.1. The number of carbonyl (C=O) groups is 2. The molecule has 2 aliphatic heterocycles. The maximum absolute atomic E-state index is 12.8. The van der Waals surface area contributed by atoms with E-state index in [1.807, 2.05) is 24.3 Å². The summed E-state index contributed by atoms with van der Waals surface area (Å²) in [7, 11) is 0. The lowest BCUT2D eigenvalue weighted by Gasteiger charge is -2.18. The Morgan fingerprint density at radius 1 is 1.31 bits per heavy atom. The van der Waals surface area contributed by atoms with Crippen molar-refractivity contribution in [1.82, 2.24) is 4.90 Å². The maximum Gasteiger partial charge on any atom is 0.266 e. The topological polar surface area (TPSA) is 67.9 Å². The van der Waals surface area contributed by atoms with Crippen LogP contribution in [0.25, 0.3) is 6.08 Å². The highest BCUT2D eigenvalue weighted by Crippen LogP contribution is 2.34. The number of thioether (sulfide) groups is 1. The lowest BCUT2D eigenvalue weighted by atomic mass is 10.2. The van der Waals surface area contributed by atoms with E-state index in [4.69, 9.17) is 21.7 Å². The minimum atomic E-state index is -0.257. The van der Waals surface area contributed by atoms with E-state index in [2.05, 4.69) is 21.2 Å². The zero-order valence-corrected chi connectivity index (χ0v) is 20.3. The lowest BCUT2D eigenvalue weighted by molar-refractivity contribution is -0.123. The number of ether oxygens (including phenoxy) is 2. The van der Waals surface area contributed by atoms with Gasteiger partial charge >= 0.3 is 0 Å². The van der Waals surface area contributed by atoms with E-state index in [1.165, 1.54) is 11.8 Å². The molecular formula is C23H21BrN2O4S2. The molecule has 2 heterocycles. The van der Waals surface area contributed by atoms with E-state index < -0.39 is 0 Å². The molecule has 2 fully saturated rings. The van der Waals surface area contributed by atoms with Crippen molar-refractivity contribution in [3.63, 3.8) is 0 Å². The standard InChI is InChI=1S/C23H21BrN2O4S2/c24-16-6-8-17(9-7-16)25-21(27)14-30-18-4-1-3-15(11-18)12-20-22(28)26(23(31)32-20)13-19-5-2-10-29-19/h1,3-4,6-9,11-12,19H,2,5,10,13-14H2,(H,25,27)/b20-12-/t19-/m1/s1. The number of nitrogens with one attached hydrogen (secondary N) is 1. The molecule has 0 aromatic heterocycles. The van der Waals surface area contributed by atoms with Crippen LogP contribution < -0.4 is 10.1 Å². The molecule has 32 heavy (non-hydrogen) atoms. The highest BCUT2D eigenvalue weighted by atomic mass is 79.9. The van der Waals surface area contributed by atoms with Gasteiger partial charge in [-0.05, 0) is 60.9 Å². The summed E-state index contributed by atoms with van der Waals surface area (Å²) in [6.07, 6.45) is 3.81. The second kappa shape index (κ2) is 10.6. The SMILES string of the molecule is O=C(COc1cccc(/C=C2\SC(=S)N(C[C@H]3CCCO3)C2=O)c1)Nc1ccc(Br)cc1. The molecular weight excluding hydrogens is 512 g/mol. The lowest BCUT2D eigenvalue weighted by Crippen LogP contribution is -2.35. The zero-order chi connectivity index (χ0) is 22.5. The molecule has 1 N–H and O–H groups in total. The summed E-state index contributed by atoms with van der Waals surface area (Å²) in [6.45, 7) is 1.12. The summed E-state index contributed by atoms with van der Waals surface area (Å²) >= 11 is 10.1. The molecule has 2 aliphatic rings. The minimum absolute atomic E-state index is 0.0529. The molecule has 0 aliphatic carbocycles. The number of thiocarbonyl (C=S) groups is 1. The average molecular weight is 533 g/mol. The first-order valence-electron chi connectivity index (χ1n) is 10.1. The fraction of sp³-hybridized carbons (Fsp3) is 0.261. The van der Waals surface area contributed by atoms with E-state index in [1.54, 1.807) is 35.2 Å². The average Bonchev–Trinajstić information content (AvgIpc) is 3.38. The third-order valence-electron chi connectivity index (χ3n) is 4.94. The van der Waals surface area contributed by atoms with Crippen molar-refractivity contribution < 1.29 is 19.1 Å². The van der Waals surface area contributed by atoms with Crippen molar-refractivity contribution in [2.75, 3.05) is 25.1 Å². The van der Waals surface area contributed by atoms with Crippen LogP contribution in [0.2, 0.25) is 0 Å². The van der Waals surface area contributed by atoms with Gasteiger partial charge in [-0.3, -0.25) is 14.5 Å². The highest BCUT2D eigenvalue weighted by molar-refractivity contribution is 9.10. The Kier molecular flexibility index (Phi) is 7.62. The highest BCUT2D eigenvalue weighted by Gasteiger charge is 2.34. The molecule has 2 amide bonds. The van der Waals surface area contributed by atoms with E-state index >= 15 is 0 Å². The fourth-order valence-electron chi connectivity index (χ4n) is 3.37. The van der Waals surface area contributed by atoms with Crippen LogP contribution in [0.3, 0.4) is 0 Å². The number of benzene rings is 2. The van der Waals surface area contributed by atoms with E-state index in [0.717, 1.165) is 29.5 Å². The number of anilines is 1. The van der Waals surface area contributed by atoms with Gasteiger partial charge in [0.25, 0.3) is 11.8 Å². The van der Waals surface area contributed by atoms with E-state index in [-0.39, 0.29) is 24.5 Å². The minimum Gasteiger partial charge on any atom is -0.484 e. The predicted octanol–water partition coefficient (Wildman–Crippen LogP) is 4.85. The van der Waals surface area contributed by atoms with Crippen molar-refractivity contribution in [3.05, 3.63) is 63.5 Å². The Hall–Kier alpha value is -2.20. The molecule has 0 bridgehead atoms. The number of hydrogen-bond donors (Lipinski definition) is 1. The van der Waals surface area contributed by atoms with Crippen LogP contribution in [0.5, 0.6) is 5.75 Å². The van der Waals surface area contributed by atoms with Crippen molar-refractivity contribution in [2.45, 2.75) is 18.9 Å². The van der Waals surface area contributed by atoms with Gasteiger partial charge in [-0.1, -0.05) is 52.0 Å². The van der Waals surface area contributed by atoms with Gasteiger partial charge in [-0.2, -0.15) is 0 Å². The summed E-state index contributed by atoms with van der Waals surface area (Å²) in [5.74, 6) is 0.183. The molecule has 6 nitrogen and oxygen atoms in total. The Morgan fingerprint density at radius 3 is 2.88 bits per heavy atom. The van der Waals surface area contributed by atoms with Crippen molar-refractivity contribution in [3.8, 4) is 5.75 Å². The second-order valence-corrected chi connectivity index (χ2v) is 9.94. The Morgan fingerprint density at radius 2 is 2.12 bits per heavy atom. The van der Waals surface area contributed by atoms with Crippen LogP contribution in [0.1, 0.15) is 18.4 Å². The van der Waals surface area contributed by atoms with Crippen LogP contribution >= 0.6 is 39.9 Å². The summed E-state index contributed by atoms with van der Waals surface area (Å²) in [5.41, 5.74) is 1.49. The third-order valence-corrected chi connectivity index (χ3v) is 6.84. The second-order valence-electron chi connectivity index (χ2n) is 7.34. The van der Waals surface area contributed by atoms with Gasteiger partial charge in [0, 0.05) is 16.8 Å². The van der Waals surface area contributed by atoms with Gasteiger partial charge in [-0.25, -0.2) is 0 Å². The van der Waals surface area contributed by atoms with Gasteiger partial charge in [-0.15, -0.1) is 0 Å². The molecule has 0 unspecified atom stereocenters. The molecule has 2 aromatic carbocycles. The number of nitrogens with zero attached hydrogens (tertiary/aromatic N) is 1. The summed E-state index contributed by atoms with van der Waals surface area (Å²) in [4.78, 5) is 27.2. The van der Waals surface area contributed by atoms with Gasteiger partial charge in [0.2, 0.25) is 0 Å². The van der Waals surface area contributed by atoms with Gasteiger partial charge in [0.05, 0.1) is 17.6 Å². The van der Waals surface area contributed by atoms with Gasteiger partial charge in [0.1, 0.15) is 10.1 Å². The van der Waals surface area contributed by atoms with E-state index in [0.29, 0.717) is 27.2 Å². The molecule has 2 saturated heterocycles. The Balaban J connectivity index is 1.35. The number of rotatable bonds is 7. The quantitative estimate of drug-likeness (QED) is 0.406. The van der Waals surface area contributed by atoms with Crippen LogP contribution in [0.15, 0.2) is 57.9 Å². The largest absolute Gasteiger partial charge is 0.484 e. The fourth-order valence-corrected chi connectivity index (χ4v) is 4.91. The molecule has 0 radical (unpaired) electrons. The maximum atomic E-state index is 12.8. The van der Waals surface area contributed by atoms with Crippen LogP contribution in [-0.2, 0) is 14.3 Å². The van der Waals surface area contributed by atoms with Crippen LogP contribution in [0.4, 0.5) is 5.69 Å². The van der Waals surface area contributed by atoms with Crippen molar-refractivity contribution in [1.29, 1.82) is 0 Å².